The van der Waals surface area contributed by atoms with E-state index in [-0.39, 0.29) is 5.41 Å². The van der Waals surface area contributed by atoms with Crippen LogP contribution in [0.2, 0.25) is 0 Å². The summed E-state index contributed by atoms with van der Waals surface area (Å²) in [5, 5.41) is 8.99. The number of benzene rings is 4. The molecule has 1 heteroatoms. The van der Waals surface area contributed by atoms with E-state index in [0.29, 0.717) is 0 Å². The molecule has 0 N–H and O–H groups in total. The van der Waals surface area contributed by atoms with Crippen LogP contribution in [0.5, 0.6) is 0 Å². The second kappa shape index (κ2) is 7.71. The van der Waals surface area contributed by atoms with Crippen LogP contribution in [0.1, 0.15) is 55.5 Å². The molecule has 2 heterocycles. The van der Waals surface area contributed by atoms with Gasteiger partial charge in [0.1, 0.15) is 0 Å². The molecule has 4 aromatic carbocycles. The number of allylic oxidation sites excluding steroid dienone is 1. The molecule has 0 aliphatic heterocycles. The van der Waals surface area contributed by atoms with Gasteiger partial charge in [0.25, 0.3) is 0 Å². The molecule has 0 atom stereocenters. The molecule has 0 radical (unpaired) electrons. The third-order valence-corrected chi connectivity index (χ3v) is 7.88. The standard InChI is InChI=1S/C35H35N/c1-9-10-25-13-16-28-27-14-11-20(2)17-30(27)36-33-22(4)26-15-12-24(19-35(6,7)8)18-29(26)21(3)31(33)23(5)32(25)34(28)36/h9-18H,5,19H2,1-4,6-8H3/b10-9-. The lowest BCUT2D eigenvalue weighted by atomic mass is 9.86. The maximum atomic E-state index is 4.75. The van der Waals surface area contributed by atoms with Crippen molar-refractivity contribution in [3.8, 4) is 0 Å². The van der Waals surface area contributed by atoms with E-state index in [1.54, 1.807) is 0 Å². The largest absolute Gasteiger partial charge is 0.308 e. The highest BCUT2D eigenvalue weighted by Crippen LogP contribution is 2.40. The van der Waals surface area contributed by atoms with Crippen molar-refractivity contribution in [1.29, 1.82) is 0 Å². The molecule has 0 saturated heterocycles. The van der Waals surface area contributed by atoms with E-state index in [0.717, 1.165) is 11.6 Å². The van der Waals surface area contributed by atoms with Crippen molar-refractivity contribution in [1.82, 2.24) is 4.40 Å². The summed E-state index contributed by atoms with van der Waals surface area (Å²) in [5.74, 6) is 0. The molecule has 6 rings (SSSR count). The van der Waals surface area contributed by atoms with Gasteiger partial charge in [-0.25, -0.2) is 0 Å². The Hall–Kier alpha value is -3.58. The Morgan fingerprint density at radius 1 is 0.778 bits per heavy atom. The summed E-state index contributed by atoms with van der Waals surface area (Å²) in [6.45, 7) is 20.6. The molecule has 2 aromatic heterocycles. The molecular weight excluding hydrogens is 434 g/mol. The lowest BCUT2D eigenvalue weighted by Crippen LogP contribution is -2.11. The van der Waals surface area contributed by atoms with Crippen molar-refractivity contribution in [3.05, 3.63) is 87.6 Å². The Morgan fingerprint density at radius 3 is 2.22 bits per heavy atom. The summed E-state index contributed by atoms with van der Waals surface area (Å²) >= 11 is 0. The highest BCUT2D eigenvalue weighted by molar-refractivity contribution is 6.20. The minimum Gasteiger partial charge on any atom is -0.308 e. The third kappa shape index (κ3) is 3.15. The zero-order valence-electron chi connectivity index (χ0n) is 22.6. The quantitative estimate of drug-likeness (QED) is 0.223. The fraction of sp³-hybridized carbons (Fsp3) is 0.257. The number of aromatic nitrogens is 1. The summed E-state index contributed by atoms with van der Waals surface area (Å²) in [6.07, 6.45) is 5.42. The average molecular weight is 470 g/mol. The van der Waals surface area contributed by atoms with Crippen molar-refractivity contribution >= 4 is 61.5 Å². The molecule has 1 nitrogen and oxygen atoms in total. The second-order valence-electron chi connectivity index (χ2n) is 11.9. The van der Waals surface area contributed by atoms with Gasteiger partial charge < -0.3 is 4.40 Å². The minimum atomic E-state index is 0.252. The Balaban J connectivity index is 1.92. The normalized spacial score (nSPS) is 13.0. The fourth-order valence-corrected chi connectivity index (χ4v) is 6.45. The molecule has 0 amide bonds. The second-order valence-corrected chi connectivity index (χ2v) is 11.9. The van der Waals surface area contributed by atoms with Crippen molar-refractivity contribution in [3.63, 3.8) is 0 Å². The van der Waals surface area contributed by atoms with Crippen LogP contribution in [0, 0.1) is 26.2 Å². The number of fused-ring (bicyclic) bond motifs is 6. The molecule has 0 saturated carbocycles. The van der Waals surface area contributed by atoms with Crippen LogP contribution < -0.4 is 5.22 Å². The molecule has 0 aliphatic carbocycles. The van der Waals surface area contributed by atoms with Crippen LogP contribution in [0.25, 0.3) is 61.5 Å². The molecule has 0 spiro atoms. The first-order chi connectivity index (χ1) is 17.1. The van der Waals surface area contributed by atoms with Gasteiger partial charge in [0, 0.05) is 21.5 Å². The summed E-state index contributed by atoms with van der Waals surface area (Å²) in [7, 11) is 0. The number of pyridine rings is 1. The number of hydrogen-bond donors (Lipinski definition) is 0. The van der Waals surface area contributed by atoms with Crippen molar-refractivity contribution in [2.45, 2.75) is 54.9 Å². The van der Waals surface area contributed by atoms with Gasteiger partial charge in [0.2, 0.25) is 0 Å². The van der Waals surface area contributed by atoms with Crippen molar-refractivity contribution in [2.24, 2.45) is 5.41 Å². The maximum absolute atomic E-state index is 4.75. The van der Waals surface area contributed by atoms with Crippen molar-refractivity contribution < 1.29 is 0 Å². The average Bonchev–Trinajstić information content (AvgIpc) is 3.13. The number of aryl methyl sites for hydroxylation is 3. The van der Waals surface area contributed by atoms with E-state index in [4.69, 9.17) is 6.58 Å². The van der Waals surface area contributed by atoms with E-state index in [1.165, 1.54) is 76.7 Å². The third-order valence-electron chi connectivity index (χ3n) is 7.88. The lowest BCUT2D eigenvalue weighted by Gasteiger charge is -2.21. The predicted molar refractivity (Wildman–Crippen MR) is 160 cm³/mol. The zero-order valence-corrected chi connectivity index (χ0v) is 22.6. The van der Waals surface area contributed by atoms with Gasteiger partial charge in [0.15, 0.2) is 0 Å². The Labute approximate surface area is 213 Å². The van der Waals surface area contributed by atoms with E-state index >= 15 is 0 Å². The fourth-order valence-electron chi connectivity index (χ4n) is 6.45. The number of nitrogens with zero attached hydrogens (tertiary/aromatic N) is 1. The van der Waals surface area contributed by atoms with Gasteiger partial charge in [-0.05, 0) is 89.4 Å². The van der Waals surface area contributed by atoms with Crippen LogP contribution in [-0.2, 0) is 6.42 Å². The molecular formula is C35H35N. The predicted octanol–water partition coefficient (Wildman–Crippen LogP) is 9.23. The van der Waals surface area contributed by atoms with Gasteiger partial charge in [-0.2, -0.15) is 0 Å². The highest BCUT2D eigenvalue weighted by atomic mass is 14.9. The smallest absolute Gasteiger partial charge is 0.0625 e. The van der Waals surface area contributed by atoms with Crippen LogP contribution in [0.15, 0.2) is 54.6 Å². The number of rotatable bonds is 2. The molecule has 0 bridgehead atoms. The first kappa shape index (κ1) is 22.9. The molecule has 0 aliphatic rings. The molecule has 0 unspecified atom stereocenters. The molecule has 180 valence electrons. The SMILES string of the molecule is C=c1c2c(C)c3cc(CC(C)(C)C)ccc3c(C)c2n2c3cc(C)ccc3c3ccc(/C=C\C)c1c32. The Morgan fingerprint density at radius 2 is 1.50 bits per heavy atom. The summed E-state index contributed by atoms with van der Waals surface area (Å²) in [4.78, 5) is 0. The van der Waals surface area contributed by atoms with E-state index < -0.39 is 0 Å². The van der Waals surface area contributed by atoms with Crippen molar-refractivity contribution in [2.75, 3.05) is 0 Å². The molecule has 6 aromatic rings. The topological polar surface area (TPSA) is 4.41 Å². The van der Waals surface area contributed by atoms with Gasteiger partial charge in [0.05, 0.1) is 16.6 Å². The van der Waals surface area contributed by atoms with Crippen LogP contribution in [-0.4, -0.2) is 4.40 Å². The molecule has 36 heavy (non-hydrogen) atoms. The number of hydrogen-bond acceptors (Lipinski definition) is 0. The van der Waals surface area contributed by atoms with Gasteiger partial charge in [-0.15, -0.1) is 0 Å². The Bertz CT molecular complexity index is 1940. The van der Waals surface area contributed by atoms with E-state index in [2.05, 4.69) is 114 Å². The highest BCUT2D eigenvalue weighted by Gasteiger charge is 2.21. The summed E-state index contributed by atoms with van der Waals surface area (Å²) in [5.41, 5.74) is 10.7. The minimum absolute atomic E-state index is 0.252. The Kier molecular flexibility index (Phi) is 4.89. The summed E-state index contributed by atoms with van der Waals surface area (Å²) < 4.78 is 2.54. The van der Waals surface area contributed by atoms with E-state index in [1.807, 2.05) is 0 Å². The lowest BCUT2D eigenvalue weighted by molar-refractivity contribution is 0.411. The first-order valence-electron chi connectivity index (χ1n) is 13.1. The zero-order chi connectivity index (χ0) is 25.5. The van der Waals surface area contributed by atoms with Gasteiger partial charge in [-0.3, -0.25) is 0 Å². The van der Waals surface area contributed by atoms with E-state index in [9.17, 15) is 0 Å². The van der Waals surface area contributed by atoms with Gasteiger partial charge >= 0.3 is 0 Å². The van der Waals surface area contributed by atoms with Crippen LogP contribution in [0.3, 0.4) is 0 Å². The monoisotopic (exact) mass is 469 g/mol. The maximum Gasteiger partial charge on any atom is 0.0625 e. The van der Waals surface area contributed by atoms with Gasteiger partial charge in [-0.1, -0.05) is 82.0 Å². The molecule has 0 fully saturated rings. The van der Waals surface area contributed by atoms with Crippen LogP contribution in [0.4, 0.5) is 0 Å². The summed E-state index contributed by atoms with van der Waals surface area (Å²) in [6, 6.07) is 18.5. The first-order valence-corrected chi connectivity index (χ1v) is 13.1. The van der Waals surface area contributed by atoms with Crippen LogP contribution >= 0.6 is 0 Å².